The number of fused-ring (bicyclic) bond motifs is 3. The van der Waals surface area contributed by atoms with Gasteiger partial charge in [0, 0.05) is 5.39 Å². The third-order valence-corrected chi connectivity index (χ3v) is 4.99. The Kier molecular flexibility index (Phi) is 3.70. The maximum atomic E-state index is 9.63. The number of hydrogen-bond acceptors (Lipinski definition) is 1. The normalized spacial score (nSPS) is 10.9. The maximum absolute atomic E-state index is 9.63. The van der Waals surface area contributed by atoms with Gasteiger partial charge >= 0.3 is 0 Å². The molecule has 23 heavy (non-hydrogen) atoms. The zero-order valence-corrected chi connectivity index (χ0v) is 14.2. The van der Waals surface area contributed by atoms with E-state index in [0.717, 1.165) is 17.4 Å². The Hall–Kier alpha value is -2.59. The van der Waals surface area contributed by atoms with Crippen LogP contribution in [0, 0.1) is 39.0 Å². The minimum atomic E-state index is 0.754. The highest BCUT2D eigenvalue weighted by Crippen LogP contribution is 2.35. The van der Waals surface area contributed by atoms with Gasteiger partial charge in [-0.3, -0.25) is 0 Å². The molecule has 0 fully saturated rings. The van der Waals surface area contributed by atoms with Crippen LogP contribution in [0.4, 0.5) is 0 Å². The van der Waals surface area contributed by atoms with Crippen LogP contribution in [0.1, 0.15) is 33.4 Å². The monoisotopic (exact) mass is 299 g/mol. The SMILES string of the molecule is C=CCc1c(C)c(C)cc2c1cc(C#N)c1cc(C)c(C)cc12. The molecule has 0 radical (unpaired) electrons. The van der Waals surface area contributed by atoms with Crippen LogP contribution in [0.15, 0.2) is 36.9 Å². The van der Waals surface area contributed by atoms with Crippen molar-refractivity contribution >= 4 is 21.5 Å². The van der Waals surface area contributed by atoms with Crippen molar-refractivity contribution in [2.75, 3.05) is 0 Å². The summed E-state index contributed by atoms with van der Waals surface area (Å²) in [6.07, 6.45) is 2.77. The first kappa shape index (κ1) is 15.3. The van der Waals surface area contributed by atoms with Crippen LogP contribution < -0.4 is 0 Å². The van der Waals surface area contributed by atoms with Gasteiger partial charge in [0.25, 0.3) is 0 Å². The molecule has 0 atom stereocenters. The number of hydrogen-bond donors (Lipinski definition) is 0. The molecule has 0 heterocycles. The fourth-order valence-corrected chi connectivity index (χ4v) is 3.38. The quantitative estimate of drug-likeness (QED) is 0.431. The topological polar surface area (TPSA) is 23.8 Å². The summed E-state index contributed by atoms with van der Waals surface area (Å²) in [5.41, 5.74) is 7.11. The molecule has 0 amide bonds. The van der Waals surface area contributed by atoms with Gasteiger partial charge in [0.15, 0.2) is 0 Å². The molecular weight excluding hydrogens is 278 g/mol. The maximum Gasteiger partial charge on any atom is 0.0998 e. The zero-order chi connectivity index (χ0) is 16.7. The molecule has 0 N–H and O–H groups in total. The van der Waals surface area contributed by atoms with Crippen molar-refractivity contribution in [3.8, 4) is 6.07 Å². The van der Waals surface area contributed by atoms with Crippen molar-refractivity contribution in [2.45, 2.75) is 34.1 Å². The summed E-state index contributed by atoms with van der Waals surface area (Å²) < 4.78 is 0. The van der Waals surface area contributed by atoms with Gasteiger partial charge in [0.05, 0.1) is 11.6 Å². The second kappa shape index (κ2) is 5.56. The van der Waals surface area contributed by atoms with Crippen LogP contribution in [0.25, 0.3) is 21.5 Å². The van der Waals surface area contributed by atoms with Crippen molar-refractivity contribution in [3.05, 3.63) is 70.3 Å². The first-order valence-corrected chi connectivity index (χ1v) is 7.95. The van der Waals surface area contributed by atoms with Gasteiger partial charge in [-0.2, -0.15) is 5.26 Å². The van der Waals surface area contributed by atoms with Crippen molar-refractivity contribution in [1.29, 1.82) is 5.26 Å². The molecule has 3 aromatic carbocycles. The van der Waals surface area contributed by atoms with E-state index < -0.39 is 0 Å². The van der Waals surface area contributed by atoms with Crippen LogP contribution >= 0.6 is 0 Å². The lowest BCUT2D eigenvalue weighted by Crippen LogP contribution is -1.96. The highest BCUT2D eigenvalue weighted by Gasteiger charge is 2.13. The van der Waals surface area contributed by atoms with E-state index in [1.165, 1.54) is 44.0 Å². The number of allylic oxidation sites excluding steroid dienone is 1. The molecule has 1 nitrogen and oxygen atoms in total. The van der Waals surface area contributed by atoms with Gasteiger partial charge in [0.2, 0.25) is 0 Å². The Morgan fingerprint density at radius 3 is 2.04 bits per heavy atom. The first-order chi connectivity index (χ1) is 11.0. The van der Waals surface area contributed by atoms with Crippen molar-refractivity contribution in [2.24, 2.45) is 0 Å². The first-order valence-electron chi connectivity index (χ1n) is 7.95. The number of rotatable bonds is 2. The lowest BCUT2D eigenvalue weighted by Gasteiger charge is -2.16. The van der Waals surface area contributed by atoms with E-state index in [2.05, 4.69) is 64.6 Å². The fourth-order valence-electron chi connectivity index (χ4n) is 3.38. The van der Waals surface area contributed by atoms with Gasteiger partial charge in [-0.25, -0.2) is 0 Å². The van der Waals surface area contributed by atoms with Crippen LogP contribution in [-0.4, -0.2) is 0 Å². The van der Waals surface area contributed by atoms with E-state index in [4.69, 9.17) is 0 Å². The lowest BCUT2D eigenvalue weighted by atomic mass is 9.88. The number of nitriles is 1. The van der Waals surface area contributed by atoms with E-state index in [9.17, 15) is 5.26 Å². The van der Waals surface area contributed by atoms with E-state index in [1.54, 1.807) is 0 Å². The minimum Gasteiger partial charge on any atom is -0.192 e. The van der Waals surface area contributed by atoms with Crippen LogP contribution in [-0.2, 0) is 6.42 Å². The summed E-state index contributed by atoms with van der Waals surface area (Å²) in [6, 6.07) is 11.1. The Bertz CT molecular complexity index is 1000. The predicted octanol–water partition coefficient (Wildman–Crippen LogP) is 5.83. The Balaban J connectivity index is 2.61. The molecule has 0 unspecified atom stereocenters. The summed E-state index contributed by atoms with van der Waals surface area (Å²) in [7, 11) is 0. The van der Waals surface area contributed by atoms with E-state index in [1.807, 2.05) is 6.08 Å². The second-order valence-electron chi connectivity index (χ2n) is 6.40. The highest BCUT2D eigenvalue weighted by atomic mass is 14.3. The van der Waals surface area contributed by atoms with Crippen LogP contribution in [0.2, 0.25) is 0 Å². The highest BCUT2D eigenvalue weighted by molar-refractivity contribution is 6.11. The van der Waals surface area contributed by atoms with Crippen molar-refractivity contribution in [1.82, 2.24) is 0 Å². The van der Waals surface area contributed by atoms with Gasteiger partial charge in [0.1, 0.15) is 0 Å². The summed E-state index contributed by atoms with van der Waals surface area (Å²) in [5.74, 6) is 0. The van der Waals surface area contributed by atoms with Gasteiger partial charge in [-0.1, -0.05) is 18.2 Å². The second-order valence-corrected chi connectivity index (χ2v) is 6.40. The minimum absolute atomic E-state index is 0.754. The number of aryl methyl sites for hydroxylation is 3. The van der Waals surface area contributed by atoms with E-state index >= 15 is 0 Å². The molecule has 0 aliphatic carbocycles. The number of benzene rings is 3. The molecular formula is C22H21N. The summed E-state index contributed by atoms with van der Waals surface area (Å²) in [6.45, 7) is 12.4. The Morgan fingerprint density at radius 1 is 0.870 bits per heavy atom. The van der Waals surface area contributed by atoms with Crippen LogP contribution in [0.3, 0.4) is 0 Å². The number of nitrogens with zero attached hydrogens (tertiary/aromatic N) is 1. The average Bonchev–Trinajstić information content (AvgIpc) is 2.53. The summed E-state index contributed by atoms with van der Waals surface area (Å²) in [4.78, 5) is 0. The molecule has 0 bridgehead atoms. The largest absolute Gasteiger partial charge is 0.192 e. The molecule has 0 aliphatic heterocycles. The smallest absolute Gasteiger partial charge is 0.0998 e. The molecule has 3 aromatic rings. The zero-order valence-electron chi connectivity index (χ0n) is 14.2. The summed E-state index contributed by atoms with van der Waals surface area (Å²) in [5, 5.41) is 14.3. The molecule has 0 spiro atoms. The summed E-state index contributed by atoms with van der Waals surface area (Å²) >= 11 is 0. The molecule has 114 valence electrons. The third kappa shape index (κ3) is 2.32. The molecule has 0 aliphatic rings. The third-order valence-electron chi connectivity index (χ3n) is 4.99. The molecule has 3 rings (SSSR count). The van der Waals surface area contributed by atoms with E-state index in [-0.39, 0.29) is 0 Å². The Labute approximate surface area is 137 Å². The van der Waals surface area contributed by atoms with Gasteiger partial charge in [-0.05, 0) is 90.2 Å². The van der Waals surface area contributed by atoms with Crippen molar-refractivity contribution < 1.29 is 0 Å². The van der Waals surface area contributed by atoms with Gasteiger partial charge in [-0.15, -0.1) is 6.58 Å². The lowest BCUT2D eigenvalue weighted by molar-refractivity contribution is 1.21. The standard InChI is InChI=1S/C22H21N/c1-6-7-18-16(5)15(4)10-21-20-9-14(3)13(2)8-19(20)17(12-23)11-22(18)21/h6,8-11H,1,7H2,2-5H3. The fraction of sp³-hybridized carbons (Fsp3) is 0.227. The van der Waals surface area contributed by atoms with Gasteiger partial charge < -0.3 is 0 Å². The molecule has 0 aromatic heterocycles. The Morgan fingerprint density at radius 2 is 1.43 bits per heavy atom. The molecule has 1 heteroatoms. The average molecular weight is 299 g/mol. The molecule has 0 saturated heterocycles. The van der Waals surface area contributed by atoms with Crippen molar-refractivity contribution in [3.63, 3.8) is 0 Å². The molecule has 0 saturated carbocycles. The predicted molar refractivity (Wildman–Crippen MR) is 99.0 cm³/mol. The van der Waals surface area contributed by atoms with Crippen LogP contribution in [0.5, 0.6) is 0 Å². The van der Waals surface area contributed by atoms with E-state index in [0.29, 0.717) is 0 Å².